The molecule has 1 fully saturated rings. The Balaban J connectivity index is 1.66. The van der Waals surface area contributed by atoms with Crippen LogP contribution in [0, 0.1) is 11.3 Å². The van der Waals surface area contributed by atoms with Crippen LogP contribution in [0.5, 0.6) is 11.5 Å². The highest BCUT2D eigenvalue weighted by molar-refractivity contribution is 5.99. The highest BCUT2D eigenvalue weighted by Crippen LogP contribution is 2.33. The van der Waals surface area contributed by atoms with Crippen LogP contribution < -0.4 is 10.1 Å². The smallest absolute Gasteiger partial charge is 0.326 e. The molecule has 1 heterocycles. The number of carbonyl (C=O) groups is 2. The van der Waals surface area contributed by atoms with E-state index in [1.807, 2.05) is 51.1 Å². The molecule has 39 heavy (non-hydrogen) atoms. The second-order valence-electron chi connectivity index (χ2n) is 13.2. The molecule has 2 aromatic carbocycles. The Bertz CT molecular complexity index is 1330. The van der Waals surface area contributed by atoms with Crippen molar-refractivity contribution < 1.29 is 19.4 Å². The fourth-order valence-electron chi connectivity index (χ4n) is 5.34. The summed E-state index contributed by atoms with van der Waals surface area (Å²) in [7, 11) is 0. The summed E-state index contributed by atoms with van der Waals surface area (Å²) in [6, 6.07) is 14.8. The number of carboxylic acids is 1. The van der Waals surface area contributed by atoms with E-state index in [0.717, 1.165) is 41.5 Å². The number of nitrogens with one attached hydrogen (secondary N) is 1. The summed E-state index contributed by atoms with van der Waals surface area (Å²) in [5.74, 6) is 0.450. The number of nitrogens with zero attached hydrogens (tertiary/aromatic N) is 1. The third kappa shape index (κ3) is 7.59. The zero-order valence-electron chi connectivity index (χ0n) is 24.1. The van der Waals surface area contributed by atoms with Crippen LogP contribution in [0.25, 0.3) is 10.8 Å². The van der Waals surface area contributed by atoms with Gasteiger partial charge in [-0.3, -0.25) is 4.79 Å². The number of fused-ring (bicyclic) bond motifs is 1. The minimum absolute atomic E-state index is 0.0632. The number of pyridine rings is 1. The molecule has 3 aromatic rings. The molecule has 1 aromatic heterocycles. The number of carboxylic acid groups (broad SMARTS) is 1. The van der Waals surface area contributed by atoms with Crippen molar-refractivity contribution in [2.24, 2.45) is 11.3 Å². The van der Waals surface area contributed by atoms with Crippen LogP contribution in [0.1, 0.15) is 95.4 Å². The van der Waals surface area contributed by atoms with Gasteiger partial charge in [0.05, 0.1) is 0 Å². The number of amides is 1. The second kappa shape index (κ2) is 11.4. The maximum Gasteiger partial charge on any atom is 0.326 e. The van der Waals surface area contributed by atoms with Gasteiger partial charge in [0.1, 0.15) is 23.2 Å². The summed E-state index contributed by atoms with van der Waals surface area (Å²) in [5.41, 5.74) is 2.17. The molecule has 208 valence electrons. The van der Waals surface area contributed by atoms with Crippen molar-refractivity contribution in [2.45, 2.75) is 91.5 Å². The van der Waals surface area contributed by atoms with Crippen LogP contribution in [-0.4, -0.2) is 28.0 Å². The van der Waals surface area contributed by atoms with Gasteiger partial charge in [0.15, 0.2) is 0 Å². The van der Waals surface area contributed by atoms with Gasteiger partial charge in [0.2, 0.25) is 0 Å². The number of rotatable bonds is 8. The SMILES string of the molecule is CC(C)(C)C[C@H](NC(=O)c1cc2cc(Oc3ccc(C(C)(C)C)cc3)ccc2c(CC2CCCC2)n1)C(=O)O. The molecule has 0 bridgehead atoms. The van der Waals surface area contributed by atoms with Crippen molar-refractivity contribution in [3.63, 3.8) is 0 Å². The third-order valence-electron chi connectivity index (χ3n) is 7.45. The summed E-state index contributed by atoms with van der Waals surface area (Å²) in [6.07, 6.45) is 5.90. The Morgan fingerprint density at radius 1 is 0.974 bits per heavy atom. The molecular formula is C33H42N2O4. The van der Waals surface area contributed by atoms with Gasteiger partial charge in [-0.1, -0.05) is 79.4 Å². The van der Waals surface area contributed by atoms with E-state index in [4.69, 9.17) is 9.72 Å². The first kappa shape index (κ1) is 28.6. The lowest BCUT2D eigenvalue weighted by molar-refractivity contribution is -0.140. The van der Waals surface area contributed by atoms with E-state index in [2.05, 4.69) is 38.2 Å². The first-order valence-corrected chi connectivity index (χ1v) is 14.0. The third-order valence-corrected chi connectivity index (χ3v) is 7.45. The monoisotopic (exact) mass is 530 g/mol. The summed E-state index contributed by atoms with van der Waals surface area (Å²) in [4.78, 5) is 30.0. The summed E-state index contributed by atoms with van der Waals surface area (Å²) >= 11 is 0. The molecular weight excluding hydrogens is 488 g/mol. The molecule has 1 amide bonds. The van der Waals surface area contributed by atoms with Gasteiger partial charge >= 0.3 is 5.97 Å². The van der Waals surface area contributed by atoms with Gasteiger partial charge in [-0.15, -0.1) is 0 Å². The number of aromatic nitrogens is 1. The van der Waals surface area contributed by atoms with Crippen LogP contribution in [-0.2, 0) is 16.6 Å². The molecule has 1 atom stereocenters. The van der Waals surface area contributed by atoms with E-state index in [1.165, 1.54) is 18.4 Å². The van der Waals surface area contributed by atoms with Crippen molar-refractivity contribution in [1.82, 2.24) is 10.3 Å². The molecule has 0 saturated heterocycles. The number of hydrogen-bond donors (Lipinski definition) is 2. The molecule has 6 nitrogen and oxygen atoms in total. The highest BCUT2D eigenvalue weighted by atomic mass is 16.5. The number of benzene rings is 2. The highest BCUT2D eigenvalue weighted by Gasteiger charge is 2.27. The zero-order chi connectivity index (χ0) is 28.4. The van der Waals surface area contributed by atoms with Gasteiger partial charge in [0.25, 0.3) is 5.91 Å². The van der Waals surface area contributed by atoms with Crippen molar-refractivity contribution >= 4 is 22.6 Å². The van der Waals surface area contributed by atoms with E-state index in [1.54, 1.807) is 6.07 Å². The van der Waals surface area contributed by atoms with Gasteiger partial charge in [0, 0.05) is 11.1 Å². The standard InChI is InChI=1S/C33H42N2O4/c1-32(2,3)20-29(31(37)38)35-30(36)28-19-22-18-25(39-24-13-11-23(12-14-24)33(4,5)6)15-16-26(22)27(34-28)17-21-9-7-8-10-21/h11-16,18-19,21,29H,7-10,17,20H2,1-6H3,(H,35,36)(H,37,38)/t29-/m0/s1. The molecule has 0 radical (unpaired) electrons. The molecule has 0 unspecified atom stereocenters. The molecule has 6 heteroatoms. The lowest BCUT2D eigenvalue weighted by Crippen LogP contribution is -2.43. The second-order valence-corrected chi connectivity index (χ2v) is 13.2. The van der Waals surface area contributed by atoms with Crippen LogP contribution in [0.3, 0.4) is 0 Å². The Morgan fingerprint density at radius 3 is 2.21 bits per heavy atom. The average Bonchev–Trinajstić information content (AvgIpc) is 3.35. The van der Waals surface area contributed by atoms with Crippen molar-refractivity contribution in [3.8, 4) is 11.5 Å². The van der Waals surface area contributed by atoms with E-state index >= 15 is 0 Å². The lowest BCUT2D eigenvalue weighted by Gasteiger charge is -2.24. The number of ether oxygens (including phenoxy) is 1. The van der Waals surface area contributed by atoms with Crippen LogP contribution in [0.2, 0.25) is 0 Å². The molecule has 0 spiro atoms. The fourth-order valence-corrected chi connectivity index (χ4v) is 5.34. The largest absolute Gasteiger partial charge is 0.480 e. The predicted molar refractivity (Wildman–Crippen MR) is 156 cm³/mol. The van der Waals surface area contributed by atoms with E-state index in [0.29, 0.717) is 18.1 Å². The predicted octanol–water partition coefficient (Wildman–Crippen LogP) is 7.68. The van der Waals surface area contributed by atoms with Gasteiger partial charge in [-0.25, -0.2) is 9.78 Å². The van der Waals surface area contributed by atoms with Gasteiger partial charge < -0.3 is 15.2 Å². The topological polar surface area (TPSA) is 88.5 Å². The molecule has 1 aliphatic carbocycles. The molecule has 4 rings (SSSR count). The molecule has 0 aliphatic heterocycles. The number of carbonyl (C=O) groups excluding carboxylic acids is 1. The first-order valence-electron chi connectivity index (χ1n) is 14.0. The van der Waals surface area contributed by atoms with Gasteiger partial charge in [-0.2, -0.15) is 0 Å². The summed E-state index contributed by atoms with van der Waals surface area (Å²) in [5, 5.41) is 14.3. The summed E-state index contributed by atoms with van der Waals surface area (Å²) < 4.78 is 6.18. The quantitative estimate of drug-likeness (QED) is 0.312. The van der Waals surface area contributed by atoms with E-state index in [-0.39, 0.29) is 16.5 Å². The molecule has 1 aliphatic rings. The zero-order valence-corrected chi connectivity index (χ0v) is 24.1. The normalized spacial score (nSPS) is 15.3. The van der Waals surface area contributed by atoms with E-state index in [9.17, 15) is 14.7 Å². The van der Waals surface area contributed by atoms with Crippen LogP contribution in [0.4, 0.5) is 0 Å². The Hall–Kier alpha value is -3.41. The first-order chi connectivity index (χ1) is 18.3. The molecule has 2 N–H and O–H groups in total. The van der Waals surface area contributed by atoms with Crippen molar-refractivity contribution in [2.75, 3.05) is 0 Å². The number of aliphatic carboxylic acids is 1. The Kier molecular flexibility index (Phi) is 8.34. The van der Waals surface area contributed by atoms with E-state index < -0.39 is 17.9 Å². The minimum Gasteiger partial charge on any atom is -0.480 e. The Labute approximate surface area is 232 Å². The summed E-state index contributed by atoms with van der Waals surface area (Å²) in [6.45, 7) is 12.4. The fraction of sp³-hybridized carbons (Fsp3) is 0.485. The Morgan fingerprint density at radius 2 is 1.62 bits per heavy atom. The minimum atomic E-state index is -1.04. The van der Waals surface area contributed by atoms with Crippen LogP contribution >= 0.6 is 0 Å². The average molecular weight is 531 g/mol. The van der Waals surface area contributed by atoms with Gasteiger partial charge in [-0.05, 0) is 76.9 Å². The number of hydrogen-bond acceptors (Lipinski definition) is 4. The van der Waals surface area contributed by atoms with Crippen LogP contribution in [0.15, 0.2) is 48.5 Å². The van der Waals surface area contributed by atoms with Crippen molar-refractivity contribution in [3.05, 3.63) is 65.5 Å². The maximum atomic E-state index is 13.3. The van der Waals surface area contributed by atoms with Crippen molar-refractivity contribution in [1.29, 1.82) is 0 Å². The maximum absolute atomic E-state index is 13.3. The lowest BCUT2D eigenvalue weighted by atomic mass is 9.87. The molecule has 1 saturated carbocycles.